The van der Waals surface area contributed by atoms with Crippen LogP contribution in [-0.2, 0) is 9.53 Å². The van der Waals surface area contributed by atoms with Crippen molar-refractivity contribution in [2.45, 2.75) is 0 Å². The number of hydrogen-bond acceptors (Lipinski definition) is 5. The second-order valence-electron chi connectivity index (χ2n) is 5.11. The first-order chi connectivity index (χ1) is 10.1. The number of amides is 1. The molecule has 0 radical (unpaired) electrons. The number of rotatable bonds is 4. The maximum Gasteiger partial charge on any atom is 0.337 e. The van der Waals surface area contributed by atoms with Crippen molar-refractivity contribution in [3.8, 4) is 0 Å². The summed E-state index contributed by atoms with van der Waals surface area (Å²) in [4.78, 5) is 27.5. The van der Waals surface area contributed by atoms with Gasteiger partial charge in [-0.3, -0.25) is 4.79 Å². The van der Waals surface area contributed by atoms with E-state index >= 15 is 0 Å². The maximum absolute atomic E-state index is 12.1. The number of likely N-dealkylation sites (N-methyl/N-ethyl adjacent to an activating group) is 1. The molecule has 1 aliphatic heterocycles. The Bertz CT molecular complexity index is 493. The number of methoxy groups -OCH3 is 1. The third-order valence-electron chi connectivity index (χ3n) is 3.61. The Morgan fingerprint density at radius 3 is 2.33 bits per heavy atom. The molecule has 6 heteroatoms. The first-order valence-corrected chi connectivity index (χ1v) is 6.98. The van der Waals surface area contributed by atoms with Gasteiger partial charge in [0, 0.05) is 31.9 Å². The van der Waals surface area contributed by atoms with Crippen molar-refractivity contribution < 1.29 is 14.3 Å². The molecule has 1 heterocycles. The number of piperazine rings is 1. The summed E-state index contributed by atoms with van der Waals surface area (Å²) in [5.74, 6) is -0.268. The first-order valence-electron chi connectivity index (χ1n) is 6.98. The van der Waals surface area contributed by atoms with Crippen LogP contribution in [0.25, 0.3) is 0 Å². The SMILES string of the molecule is COC(=O)c1ccc(NCC(=O)N2CCN(C)CC2)cc1. The van der Waals surface area contributed by atoms with Crippen LogP contribution in [0.1, 0.15) is 10.4 Å². The van der Waals surface area contributed by atoms with Gasteiger partial charge in [-0.2, -0.15) is 0 Å². The molecule has 0 aliphatic carbocycles. The largest absolute Gasteiger partial charge is 0.465 e. The zero-order valence-electron chi connectivity index (χ0n) is 12.5. The van der Waals surface area contributed by atoms with Gasteiger partial charge in [0.25, 0.3) is 0 Å². The van der Waals surface area contributed by atoms with E-state index in [0.29, 0.717) is 5.56 Å². The molecule has 1 saturated heterocycles. The van der Waals surface area contributed by atoms with E-state index in [4.69, 9.17) is 0 Å². The number of carbonyl (C=O) groups excluding carboxylic acids is 2. The van der Waals surface area contributed by atoms with Gasteiger partial charge in [-0.1, -0.05) is 0 Å². The summed E-state index contributed by atoms with van der Waals surface area (Å²) in [6, 6.07) is 6.88. The van der Waals surface area contributed by atoms with Crippen LogP contribution in [0.2, 0.25) is 0 Å². The Morgan fingerprint density at radius 1 is 1.14 bits per heavy atom. The molecule has 0 atom stereocenters. The average Bonchev–Trinajstić information content (AvgIpc) is 2.53. The maximum atomic E-state index is 12.1. The minimum atomic E-state index is -0.366. The number of esters is 1. The molecule has 2 rings (SSSR count). The summed E-state index contributed by atoms with van der Waals surface area (Å²) in [5.41, 5.74) is 1.30. The second-order valence-corrected chi connectivity index (χ2v) is 5.11. The molecule has 0 unspecified atom stereocenters. The Hall–Kier alpha value is -2.08. The van der Waals surface area contributed by atoms with Crippen LogP contribution in [-0.4, -0.2) is 68.6 Å². The van der Waals surface area contributed by atoms with Crippen molar-refractivity contribution in [2.75, 3.05) is 52.2 Å². The van der Waals surface area contributed by atoms with E-state index in [9.17, 15) is 9.59 Å². The van der Waals surface area contributed by atoms with Crippen molar-refractivity contribution in [2.24, 2.45) is 0 Å². The van der Waals surface area contributed by atoms with E-state index in [1.54, 1.807) is 24.3 Å². The molecule has 0 saturated carbocycles. The lowest BCUT2D eigenvalue weighted by Gasteiger charge is -2.32. The molecule has 1 aliphatic rings. The molecule has 1 amide bonds. The van der Waals surface area contributed by atoms with Crippen LogP contribution in [0.3, 0.4) is 0 Å². The highest BCUT2D eigenvalue weighted by atomic mass is 16.5. The number of nitrogens with one attached hydrogen (secondary N) is 1. The van der Waals surface area contributed by atoms with Crippen LogP contribution >= 0.6 is 0 Å². The monoisotopic (exact) mass is 291 g/mol. The minimum absolute atomic E-state index is 0.0974. The Kier molecular flexibility index (Phi) is 5.16. The van der Waals surface area contributed by atoms with Gasteiger partial charge in [-0.05, 0) is 31.3 Å². The lowest BCUT2D eigenvalue weighted by Crippen LogP contribution is -2.48. The predicted octanol–water partition coefficient (Wildman–Crippen LogP) is 0.659. The summed E-state index contributed by atoms with van der Waals surface area (Å²) in [6.07, 6.45) is 0. The van der Waals surface area contributed by atoms with Crippen molar-refractivity contribution in [3.05, 3.63) is 29.8 Å². The molecular weight excluding hydrogens is 270 g/mol. The van der Waals surface area contributed by atoms with Crippen LogP contribution in [0.5, 0.6) is 0 Å². The third kappa shape index (κ3) is 4.19. The van der Waals surface area contributed by atoms with Crippen LogP contribution in [0.4, 0.5) is 5.69 Å². The molecule has 1 fully saturated rings. The fourth-order valence-electron chi connectivity index (χ4n) is 2.19. The highest BCUT2D eigenvalue weighted by Gasteiger charge is 2.18. The number of benzene rings is 1. The lowest BCUT2D eigenvalue weighted by molar-refractivity contribution is -0.130. The molecular formula is C15H21N3O3. The molecule has 0 bridgehead atoms. The van der Waals surface area contributed by atoms with Crippen LogP contribution in [0, 0.1) is 0 Å². The predicted molar refractivity (Wildman–Crippen MR) is 80.3 cm³/mol. The van der Waals surface area contributed by atoms with Gasteiger partial charge in [-0.25, -0.2) is 4.79 Å². The number of ether oxygens (including phenoxy) is 1. The summed E-state index contributed by atoms with van der Waals surface area (Å²) >= 11 is 0. The van der Waals surface area contributed by atoms with Crippen LogP contribution < -0.4 is 5.32 Å². The Morgan fingerprint density at radius 2 is 1.76 bits per heavy atom. The highest BCUT2D eigenvalue weighted by Crippen LogP contribution is 2.10. The average molecular weight is 291 g/mol. The molecule has 1 N–H and O–H groups in total. The van der Waals surface area contributed by atoms with E-state index in [-0.39, 0.29) is 18.4 Å². The highest BCUT2D eigenvalue weighted by molar-refractivity contribution is 5.89. The molecule has 0 aromatic heterocycles. The topological polar surface area (TPSA) is 61.9 Å². The zero-order valence-corrected chi connectivity index (χ0v) is 12.5. The van der Waals surface area contributed by atoms with Crippen LogP contribution in [0.15, 0.2) is 24.3 Å². The van der Waals surface area contributed by atoms with Gasteiger partial charge in [-0.15, -0.1) is 0 Å². The van der Waals surface area contributed by atoms with Crippen molar-refractivity contribution in [1.29, 1.82) is 0 Å². The van der Waals surface area contributed by atoms with Crippen molar-refractivity contribution in [3.63, 3.8) is 0 Å². The molecule has 6 nitrogen and oxygen atoms in total. The quantitative estimate of drug-likeness (QED) is 0.826. The van der Waals surface area contributed by atoms with E-state index < -0.39 is 0 Å². The standard InChI is InChI=1S/C15H21N3O3/c1-17-7-9-18(10-8-17)14(19)11-16-13-5-3-12(4-6-13)15(20)21-2/h3-6,16H,7-11H2,1-2H3. The smallest absolute Gasteiger partial charge is 0.337 e. The summed E-state index contributed by atoms with van der Waals surface area (Å²) in [5, 5.41) is 3.08. The van der Waals surface area contributed by atoms with Crippen molar-refractivity contribution in [1.82, 2.24) is 9.80 Å². The Balaban J connectivity index is 1.82. The lowest BCUT2D eigenvalue weighted by atomic mass is 10.2. The first kappa shape index (κ1) is 15.3. The summed E-state index contributed by atoms with van der Waals surface area (Å²) in [6.45, 7) is 3.65. The van der Waals surface area contributed by atoms with E-state index in [2.05, 4.69) is 22.0 Å². The van der Waals surface area contributed by atoms with Crippen molar-refractivity contribution >= 4 is 17.6 Å². The van der Waals surface area contributed by atoms with Gasteiger partial charge in [0.1, 0.15) is 0 Å². The summed E-state index contributed by atoms with van der Waals surface area (Å²) < 4.78 is 4.64. The zero-order chi connectivity index (χ0) is 15.2. The van der Waals surface area contributed by atoms with E-state index in [1.807, 2.05) is 4.90 Å². The molecule has 21 heavy (non-hydrogen) atoms. The van der Waals surface area contributed by atoms with Gasteiger partial charge >= 0.3 is 5.97 Å². The number of hydrogen-bond donors (Lipinski definition) is 1. The van der Waals surface area contributed by atoms with Gasteiger partial charge in [0.05, 0.1) is 19.2 Å². The number of anilines is 1. The molecule has 1 aromatic rings. The number of carbonyl (C=O) groups is 2. The van der Waals surface area contributed by atoms with Gasteiger partial charge in [0.2, 0.25) is 5.91 Å². The normalized spacial score (nSPS) is 15.6. The molecule has 0 spiro atoms. The van der Waals surface area contributed by atoms with E-state index in [1.165, 1.54) is 7.11 Å². The summed E-state index contributed by atoms with van der Waals surface area (Å²) in [7, 11) is 3.41. The third-order valence-corrected chi connectivity index (χ3v) is 3.61. The number of nitrogens with zero attached hydrogens (tertiary/aromatic N) is 2. The molecule has 1 aromatic carbocycles. The molecule has 114 valence electrons. The fourth-order valence-corrected chi connectivity index (χ4v) is 2.19. The van der Waals surface area contributed by atoms with Gasteiger partial charge in [0.15, 0.2) is 0 Å². The minimum Gasteiger partial charge on any atom is -0.465 e. The fraction of sp³-hybridized carbons (Fsp3) is 0.467. The van der Waals surface area contributed by atoms with Gasteiger partial charge < -0.3 is 19.9 Å². The second kappa shape index (κ2) is 7.08. The Labute approximate surface area is 124 Å². The van der Waals surface area contributed by atoms with E-state index in [0.717, 1.165) is 31.9 Å².